The van der Waals surface area contributed by atoms with Gasteiger partial charge in [0.2, 0.25) is 0 Å². The Morgan fingerprint density at radius 1 is 1.45 bits per heavy atom. The van der Waals surface area contributed by atoms with Gasteiger partial charge in [0, 0.05) is 17.2 Å². The third-order valence-electron chi connectivity index (χ3n) is 2.83. The van der Waals surface area contributed by atoms with Crippen LogP contribution >= 0.6 is 15.9 Å². The number of aromatic nitrogens is 2. The van der Waals surface area contributed by atoms with Crippen molar-refractivity contribution in [3.05, 3.63) is 34.7 Å². The van der Waals surface area contributed by atoms with E-state index < -0.39 is 10.0 Å². The molecule has 0 aliphatic rings. The molecule has 0 aliphatic heterocycles. The number of benzene rings is 1. The summed E-state index contributed by atoms with van der Waals surface area (Å²) < 4.78 is 29.5. The van der Waals surface area contributed by atoms with Crippen molar-refractivity contribution >= 4 is 37.3 Å². The highest BCUT2D eigenvalue weighted by Crippen LogP contribution is 2.25. The lowest BCUT2D eigenvalue weighted by atomic mass is 10.3. The van der Waals surface area contributed by atoms with E-state index in [1.165, 1.54) is 6.20 Å². The molecule has 0 unspecified atom stereocenters. The van der Waals surface area contributed by atoms with Crippen molar-refractivity contribution in [2.75, 3.05) is 10.5 Å². The molecule has 0 fully saturated rings. The molecule has 1 aromatic heterocycles. The first kappa shape index (κ1) is 14.9. The number of nitrogens with one attached hydrogen (secondary N) is 1. The molecule has 0 spiro atoms. The second kappa shape index (κ2) is 5.45. The molecule has 0 bridgehead atoms. The van der Waals surface area contributed by atoms with Gasteiger partial charge in [-0.05, 0) is 32.0 Å². The minimum absolute atomic E-state index is 0.0147. The fraction of sp³-hybridized carbons (Fsp3) is 0.250. The number of nitrogen functional groups attached to an aromatic ring is 1. The van der Waals surface area contributed by atoms with Crippen molar-refractivity contribution in [3.63, 3.8) is 0 Å². The van der Waals surface area contributed by atoms with Gasteiger partial charge in [-0.25, -0.2) is 4.98 Å². The van der Waals surface area contributed by atoms with Crippen LogP contribution in [0.5, 0.6) is 0 Å². The smallest absolute Gasteiger partial charge is 0.281 e. The molecule has 20 heavy (non-hydrogen) atoms. The maximum absolute atomic E-state index is 12.3. The number of nitrogens with zero attached hydrogens (tertiary/aromatic N) is 2. The van der Waals surface area contributed by atoms with E-state index in [4.69, 9.17) is 5.73 Å². The summed E-state index contributed by atoms with van der Waals surface area (Å²) in [6, 6.07) is 4.94. The number of aryl methyl sites for hydroxylation is 2. The highest BCUT2D eigenvalue weighted by molar-refractivity contribution is 9.10. The number of anilines is 2. The standard InChI is InChI=1S/C12H15BrN4O2S/c1-3-17-7-12(15-8(17)2)20(18,19)16-11-5-4-9(13)6-10(11)14/h4-7,16H,3,14H2,1-2H3. The third kappa shape index (κ3) is 2.96. The molecule has 0 aliphatic carbocycles. The number of hydrogen-bond acceptors (Lipinski definition) is 4. The van der Waals surface area contributed by atoms with Crippen LogP contribution in [0.1, 0.15) is 12.7 Å². The van der Waals surface area contributed by atoms with Crippen LogP contribution in [0.15, 0.2) is 33.9 Å². The van der Waals surface area contributed by atoms with E-state index in [0.29, 0.717) is 23.7 Å². The summed E-state index contributed by atoms with van der Waals surface area (Å²) in [6.45, 7) is 4.34. The van der Waals surface area contributed by atoms with Crippen LogP contribution in [0.3, 0.4) is 0 Å². The summed E-state index contributed by atoms with van der Waals surface area (Å²) in [5.41, 5.74) is 6.46. The van der Waals surface area contributed by atoms with Gasteiger partial charge in [0.1, 0.15) is 5.82 Å². The fourth-order valence-electron chi connectivity index (χ4n) is 1.75. The SMILES string of the molecule is CCn1cc(S(=O)(=O)Nc2ccc(Br)cc2N)nc1C. The van der Waals surface area contributed by atoms with Crippen LogP contribution in [0.4, 0.5) is 11.4 Å². The maximum atomic E-state index is 12.3. The van der Waals surface area contributed by atoms with Gasteiger partial charge in [0.15, 0.2) is 5.03 Å². The Morgan fingerprint density at radius 2 is 2.15 bits per heavy atom. The van der Waals surface area contributed by atoms with Crippen LogP contribution in [0.25, 0.3) is 0 Å². The van der Waals surface area contributed by atoms with Gasteiger partial charge in [-0.15, -0.1) is 0 Å². The van der Waals surface area contributed by atoms with E-state index in [1.54, 1.807) is 29.7 Å². The van der Waals surface area contributed by atoms with Crippen LogP contribution in [-0.4, -0.2) is 18.0 Å². The van der Waals surface area contributed by atoms with Crippen molar-refractivity contribution in [2.45, 2.75) is 25.4 Å². The lowest BCUT2D eigenvalue weighted by Gasteiger charge is -2.08. The quantitative estimate of drug-likeness (QED) is 0.820. The summed E-state index contributed by atoms with van der Waals surface area (Å²) in [7, 11) is -3.74. The fourth-order valence-corrected chi connectivity index (χ4v) is 3.23. The molecule has 8 heteroatoms. The van der Waals surface area contributed by atoms with Crippen LogP contribution in [-0.2, 0) is 16.6 Å². The highest BCUT2D eigenvalue weighted by atomic mass is 79.9. The number of nitrogens with two attached hydrogens (primary N) is 1. The Bertz CT molecular complexity index is 740. The Labute approximate surface area is 126 Å². The largest absolute Gasteiger partial charge is 0.397 e. The molecule has 2 rings (SSSR count). The first-order valence-electron chi connectivity index (χ1n) is 5.95. The number of halogens is 1. The monoisotopic (exact) mass is 358 g/mol. The number of imidazole rings is 1. The molecule has 108 valence electrons. The first-order chi connectivity index (χ1) is 9.33. The molecule has 6 nitrogen and oxygen atoms in total. The molecular weight excluding hydrogens is 344 g/mol. The Morgan fingerprint density at radius 3 is 2.70 bits per heavy atom. The lowest BCUT2D eigenvalue weighted by molar-refractivity contribution is 0.598. The molecule has 0 saturated heterocycles. The summed E-state index contributed by atoms with van der Waals surface area (Å²) >= 11 is 3.27. The summed E-state index contributed by atoms with van der Waals surface area (Å²) in [6.07, 6.45) is 1.51. The van der Waals surface area contributed by atoms with Crippen molar-refractivity contribution in [1.82, 2.24) is 9.55 Å². The molecule has 3 N–H and O–H groups in total. The minimum Gasteiger partial charge on any atom is -0.397 e. The molecule has 0 radical (unpaired) electrons. The zero-order valence-electron chi connectivity index (χ0n) is 11.1. The van der Waals surface area contributed by atoms with Gasteiger partial charge in [0.05, 0.1) is 11.4 Å². The Hall–Kier alpha value is -1.54. The summed E-state index contributed by atoms with van der Waals surface area (Å²) in [5, 5.41) is -0.0147. The van der Waals surface area contributed by atoms with E-state index >= 15 is 0 Å². The highest BCUT2D eigenvalue weighted by Gasteiger charge is 2.20. The van der Waals surface area contributed by atoms with Crippen molar-refractivity contribution in [1.29, 1.82) is 0 Å². The number of hydrogen-bond donors (Lipinski definition) is 2. The van der Waals surface area contributed by atoms with Gasteiger partial charge in [-0.1, -0.05) is 15.9 Å². The second-order valence-electron chi connectivity index (χ2n) is 4.25. The molecule has 0 atom stereocenters. The van der Waals surface area contributed by atoms with E-state index in [1.807, 2.05) is 6.92 Å². The summed E-state index contributed by atoms with van der Waals surface area (Å²) in [5.74, 6) is 0.650. The molecule has 1 aromatic carbocycles. The van der Waals surface area contributed by atoms with E-state index in [-0.39, 0.29) is 5.03 Å². The average Bonchev–Trinajstić information content (AvgIpc) is 2.75. The predicted molar refractivity (Wildman–Crippen MR) is 82.0 cm³/mol. The molecular formula is C12H15BrN4O2S. The number of sulfonamides is 1. The Balaban J connectivity index is 2.35. The molecule has 0 saturated carbocycles. The van der Waals surface area contributed by atoms with E-state index in [9.17, 15) is 8.42 Å². The van der Waals surface area contributed by atoms with Crippen molar-refractivity contribution in [3.8, 4) is 0 Å². The summed E-state index contributed by atoms with van der Waals surface area (Å²) in [4.78, 5) is 4.06. The average molecular weight is 359 g/mol. The minimum atomic E-state index is -3.74. The van der Waals surface area contributed by atoms with Gasteiger partial charge in [0.25, 0.3) is 10.0 Å². The normalized spacial score (nSPS) is 11.6. The van der Waals surface area contributed by atoms with Crippen molar-refractivity contribution < 1.29 is 8.42 Å². The Kier molecular flexibility index (Phi) is 4.05. The van der Waals surface area contributed by atoms with Gasteiger partial charge < -0.3 is 10.3 Å². The van der Waals surface area contributed by atoms with Crippen molar-refractivity contribution in [2.24, 2.45) is 0 Å². The molecule has 0 amide bonds. The van der Waals surface area contributed by atoms with E-state index in [0.717, 1.165) is 4.47 Å². The van der Waals surface area contributed by atoms with Gasteiger partial charge in [-0.3, -0.25) is 4.72 Å². The second-order valence-corrected chi connectivity index (χ2v) is 6.79. The van der Waals surface area contributed by atoms with E-state index in [2.05, 4.69) is 25.6 Å². The molecule has 2 aromatic rings. The van der Waals surface area contributed by atoms with Crippen LogP contribution in [0, 0.1) is 6.92 Å². The third-order valence-corrected chi connectivity index (χ3v) is 4.56. The van der Waals surface area contributed by atoms with Gasteiger partial charge in [-0.2, -0.15) is 8.42 Å². The topological polar surface area (TPSA) is 90.0 Å². The van der Waals surface area contributed by atoms with Crippen LogP contribution < -0.4 is 10.5 Å². The lowest BCUT2D eigenvalue weighted by Crippen LogP contribution is -2.14. The zero-order chi connectivity index (χ0) is 14.9. The molecule has 1 heterocycles. The first-order valence-corrected chi connectivity index (χ1v) is 8.22. The maximum Gasteiger partial charge on any atom is 0.281 e. The number of rotatable bonds is 4. The van der Waals surface area contributed by atoms with Gasteiger partial charge >= 0.3 is 0 Å². The van der Waals surface area contributed by atoms with Crippen LogP contribution in [0.2, 0.25) is 0 Å². The zero-order valence-corrected chi connectivity index (χ0v) is 13.5. The predicted octanol–water partition coefficient (Wildman–Crippen LogP) is 2.36.